The van der Waals surface area contributed by atoms with Crippen LogP contribution in [0.4, 0.5) is 24.8 Å². The van der Waals surface area contributed by atoms with Crippen molar-refractivity contribution < 1.29 is 17.9 Å². The van der Waals surface area contributed by atoms with Crippen molar-refractivity contribution in [3.05, 3.63) is 48.3 Å². The fourth-order valence-electron chi connectivity index (χ4n) is 2.38. The minimum absolute atomic E-state index is 0.151. The lowest BCUT2D eigenvalue weighted by Gasteiger charge is -2.17. The largest absolute Gasteiger partial charge is 0.484 e. The molecule has 1 atom stereocenters. The molecule has 3 N–H and O–H groups in total. The van der Waals surface area contributed by atoms with Crippen molar-refractivity contribution >= 4 is 22.7 Å². The van der Waals surface area contributed by atoms with E-state index in [9.17, 15) is 13.2 Å². The molecule has 6 nitrogen and oxygen atoms in total. The maximum Gasteiger partial charge on any atom is 0.422 e. The first-order valence-corrected chi connectivity index (χ1v) is 7.75. The van der Waals surface area contributed by atoms with E-state index >= 15 is 0 Å². The molecule has 1 unspecified atom stereocenters. The zero-order chi connectivity index (χ0) is 18.7. The van der Waals surface area contributed by atoms with Crippen molar-refractivity contribution in [1.29, 1.82) is 0 Å². The number of alkyl halides is 3. The Balaban J connectivity index is 1.73. The highest BCUT2D eigenvalue weighted by molar-refractivity contribution is 5.87. The van der Waals surface area contributed by atoms with Crippen LogP contribution in [0.25, 0.3) is 11.0 Å². The molecule has 0 amide bonds. The van der Waals surface area contributed by atoms with Gasteiger partial charge in [-0.05, 0) is 36.8 Å². The van der Waals surface area contributed by atoms with Crippen LogP contribution in [0.1, 0.15) is 18.5 Å². The quantitative estimate of drug-likeness (QED) is 0.719. The van der Waals surface area contributed by atoms with Gasteiger partial charge >= 0.3 is 6.18 Å². The summed E-state index contributed by atoms with van der Waals surface area (Å²) < 4.78 is 41.3. The first kappa shape index (κ1) is 17.7. The average molecular weight is 363 g/mol. The van der Waals surface area contributed by atoms with E-state index in [1.807, 2.05) is 6.92 Å². The Labute approximate surface area is 147 Å². The highest BCUT2D eigenvalue weighted by atomic mass is 19.4. The molecule has 3 aromatic rings. The molecular formula is C17H16F3N5O. The lowest BCUT2D eigenvalue weighted by molar-refractivity contribution is -0.153. The molecule has 136 valence electrons. The fraction of sp³-hybridized carbons (Fsp3) is 0.235. The molecular weight excluding hydrogens is 347 g/mol. The number of fused-ring (bicyclic) bond motifs is 1. The van der Waals surface area contributed by atoms with Gasteiger partial charge in [0.25, 0.3) is 0 Å². The number of anilines is 2. The molecule has 0 radical (unpaired) electrons. The summed E-state index contributed by atoms with van der Waals surface area (Å²) in [5.74, 6) is 1.11. The molecule has 0 aliphatic carbocycles. The Morgan fingerprint density at radius 1 is 1.12 bits per heavy atom. The average Bonchev–Trinajstić information content (AvgIpc) is 2.59. The van der Waals surface area contributed by atoms with Crippen molar-refractivity contribution in [3.63, 3.8) is 0 Å². The van der Waals surface area contributed by atoms with Gasteiger partial charge < -0.3 is 15.8 Å². The van der Waals surface area contributed by atoms with Gasteiger partial charge in [-0.25, -0.2) is 15.0 Å². The minimum atomic E-state index is -4.36. The second-order valence-corrected chi connectivity index (χ2v) is 5.67. The van der Waals surface area contributed by atoms with Crippen LogP contribution >= 0.6 is 0 Å². The summed E-state index contributed by atoms with van der Waals surface area (Å²) in [6, 6.07) is 9.68. The second kappa shape index (κ2) is 7.03. The van der Waals surface area contributed by atoms with Crippen molar-refractivity contribution in [2.24, 2.45) is 0 Å². The molecule has 26 heavy (non-hydrogen) atoms. The van der Waals surface area contributed by atoms with E-state index in [1.54, 1.807) is 24.3 Å². The fourth-order valence-corrected chi connectivity index (χ4v) is 2.38. The molecule has 2 heterocycles. The number of halogens is 3. The number of nitrogens with zero attached hydrogens (tertiary/aromatic N) is 3. The van der Waals surface area contributed by atoms with Gasteiger partial charge in [-0.3, -0.25) is 0 Å². The zero-order valence-electron chi connectivity index (χ0n) is 13.8. The van der Waals surface area contributed by atoms with E-state index in [2.05, 4.69) is 20.3 Å². The van der Waals surface area contributed by atoms with Crippen LogP contribution < -0.4 is 15.8 Å². The van der Waals surface area contributed by atoms with Gasteiger partial charge in [0.1, 0.15) is 23.7 Å². The number of aromatic nitrogens is 3. The van der Waals surface area contributed by atoms with Gasteiger partial charge in [0.15, 0.2) is 12.3 Å². The summed E-state index contributed by atoms with van der Waals surface area (Å²) in [5, 5.41) is 3.96. The molecule has 0 spiro atoms. The van der Waals surface area contributed by atoms with Crippen LogP contribution in [0.5, 0.6) is 5.75 Å². The molecule has 9 heteroatoms. The number of benzene rings is 1. The number of nitrogens with one attached hydrogen (secondary N) is 1. The van der Waals surface area contributed by atoms with Gasteiger partial charge in [-0.15, -0.1) is 0 Å². The lowest BCUT2D eigenvalue weighted by Crippen LogP contribution is -2.19. The number of nitrogens with two attached hydrogens (primary N) is 1. The van der Waals surface area contributed by atoms with Gasteiger partial charge in [0.2, 0.25) is 0 Å². The van der Waals surface area contributed by atoms with E-state index < -0.39 is 12.8 Å². The molecule has 0 bridgehead atoms. The number of hydrogen-bond acceptors (Lipinski definition) is 6. The normalized spacial score (nSPS) is 12.8. The zero-order valence-corrected chi connectivity index (χ0v) is 13.8. The smallest absolute Gasteiger partial charge is 0.422 e. The second-order valence-electron chi connectivity index (χ2n) is 5.67. The lowest BCUT2D eigenvalue weighted by atomic mass is 10.1. The first-order valence-electron chi connectivity index (χ1n) is 7.75. The van der Waals surface area contributed by atoms with Gasteiger partial charge in [0.05, 0.1) is 5.39 Å². The molecule has 3 rings (SSSR count). The van der Waals surface area contributed by atoms with E-state index in [1.165, 1.54) is 18.5 Å². The Hall–Kier alpha value is -3.10. The van der Waals surface area contributed by atoms with E-state index in [-0.39, 0.29) is 11.8 Å². The van der Waals surface area contributed by atoms with Crippen molar-refractivity contribution in [3.8, 4) is 5.75 Å². The molecule has 0 saturated carbocycles. The molecule has 0 saturated heterocycles. The summed E-state index contributed by atoms with van der Waals surface area (Å²) >= 11 is 0. The van der Waals surface area contributed by atoms with Crippen molar-refractivity contribution in [2.45, 2.75) is 19.1 Å². The summed E-state index contributed by atoms with van der Waals surface area (Å²) in [4.78, 5) is 12.5. The van der Waals surface area contributed by atoms with Crippen LogP contribution in [0.3, 0.4) is 0 Å². The Morgan fingerprint density at radius 3 is 2.54 bits per heavy atom. The van der Waals surface area contributed by atoms with E-state index in [0.717, 1.165) is 10.9 Å². The summed E-state index contributed by atoms with van der Waals surface area (Å²) in [7, 11) is 0. The number of ether oxygens (including phenoxy) is 1. The Morgan fingerprint density at radius 2 is 1.85 bits per heavy atom. The van der Waals surface area contributed by atoms with Crippen LogP contribution in [0.15, 0.2) is 42.7 Å². The monoisotopic (exact) mass is 363 g/mol. The van der Waals surface area contributed by atoms with Crippen molar-refractivity contribution in [1.82, 2.24) is 15.0 Å². The number of pyridine rings is 1. The predicted octanol–water partition coefficient (Wildman–Crippen LogP) is 3.72. The van der Waals surface area contributed by atoms with Crippen LogP contribution in [0, 0.1) is 0 Å². The number of hydrogen-bond donors (Lipinski definition) is 2. The Kier molecular flexibility index (Phi) is 4.79. The van der Waals surface area contributed by atoms with Crippen molar-refractivity contribution in [2.75, 3.05) is 17.7 Å². The van der Waals surface area contributed by atoms with E-state index in [4.69, 9.17) is 10.5 Å². The van der Waals surface area contributed by atoms with Crippen LogP contribution in [0.2, 0.25) is 0 Å². The highest BCUT2D eigenvalue weighted by Crippen LogP contribution is 2.25. The van der Waals surface area contributed by atoms with Crippen LogP contribution in [-0.2, 0) is 0 Å². The van der Waals surface area contributed by atoms with Gasteiger partial charge in [-0.1, -0.05) is 12.1 Å². The summed E-state index contributed by atoms with van der Waals surface area (Å²) in [6.07, 6.45) is -2.98. The topological polar surface area (TPSA) is 86.0 Å². The van der Waals surface area contributed by atoms with Gasteiger partial charge in [-0.2, -0.15) is 13.2 Å². The Bertz CT molecular complexity index is 899. The summed E-state index contributed by atoms with van der Waals surface area (Å²) in [5.41, 5.74) is 7.00. The maximum atomic E-state index is 12.2. The molecule has 2 aromatic heterocycles. The third-order valence-corrected chi connectivity index (χ3v) is 3.65. The summed E-state index contributed by atoms with van der Waals surface area (Å²) in [6.45, 7) is 0.591. The molecule has 0 fully saturated rings. The maximum absolute atomic E-state index is 12.2. The molecule has 0 aliphatic rings. The highest BCUT2D eigenvalue weighted by Gasteiger charge is 2.28. The van der Waals surface area contributed by atoms with E-state index in [0.29, 0.717) is 17.3 Å². The number of nitrogen functional groups attached to an aromatic ring is 1. The minimum Gasteiger partial charge on any atom is -0.484 e. The standard InChI is InChI=1S/C17H16F3N5O/c1-10(11-2-4-12(5-3-11)26-8-17(18,19)20)24-15-13-6-7-14(21)25-16(13)23-9-22-15/h2-7,9-10H,8H2,1H3,(H3,21,22,23,24,25). The van der Waals surface area contributed by atoms with Gasteiger partial charge in [0, 0.05) is 6.04 Å². The van der Waals surface area contributed by atoms with Crippen LogP contribution in [-0.4, -0.2) is 27.7 Å². The predicted molar refractivity (Wildman–Crippen MR) is 91.8 cm³/mol. The SMILES string of the molecule is CC(Nc1ncnc2nc(N)ccc12)c1ccc(OCC(F)(F)F)cc1. The third kappa shape index (κ3) is 4.29. The number of rotatable bonds is 5. The molecule has 0 aliphatic heterocycles. The third-order valence-electron chi connectivity index (χ3n) is 3.65. The molecule has 1 aromatic carbocycles. The first-order chi connectivity index (χ1) is 12.3.